The molecule has 2 atom stereocenters. The summed E-state index contributed by atoms with van der Waals surface area (Å²) in [5.74, 6) is -0.173. The minimum absolute atomic E-state index is 0.00864. The average molecular weight is 296 g/mol. The fourth-order valence-corrected chi connectivity index (χ4v) is 3.86. The number of phenolic OH excluding ortho intramolecular Hbond substituents is 2. The van der Waals surface area contributed by atoms with E-state index in [1.54, 1.807) is 23.5 Å². The third kappa shape index (κ3) is 2.31. The quantitative estimate of drug-likeness (QED) is 0.431. The SMILES string of the molecule is Oc1cc2c(cc1O)C(c1cccs1)C(Cl)NCC2. The Morgan fingerprint density at radius 2 is 2.05 bits per heavy atom. The van der Waals surface area contributed by atoms with Gasteiger partial charge in [-0.25, -0.2) is 0 Å². The maximum absolute atomic E-state index is 9.76. The molecule has 0 radical (unpaired) electrons. The van der Waals surface area contributed by atoms with Crippen LogP contribution in [0.2, 0.25) is 0 Å². The molecule has 2 aromatic rings. The molecule has 0 saturated carbocycles. The molecule has 0 saturated heterocycles. The Morgan fingerprint density at radius 1 is 1.26 bits per heavy atom. The first kappa shape index (κ1) is 12.8. The summed E-state index contributed by atoms with van der Waals surface area (Å²) in [6, 6.07) is 7.32. The van der Waals surface area contributed by atoms with Crippen molar-refractivity contribution < 1.29 is 10.2 Å². The Bertz CT molecular complexity index is 585. The van der Waals surface area contributed by atoms with Gasteiger partial charge in [0.05, 0.1) is 5.50 Å². The molecule has 1 aromatic carbocycles. The average Bonchev–Trinajstić information content (AvgIpc) is 2.84. The van der Waals surface area contributed by atoms with Crippen LogP contribution in [0.4, 0.5) is 0 Å². The van der Waals surface area contributed by atoms with Gasteiger partial charge in [-0.3, -0.25) is 0 Å². The van der Waals surface area contributed by atoms with E-state index in [-0.39, 0.29) is 22.9 Å². The van der Waals surface area contributed by atoms with Gasteiger partial charge in [0.2, 0.25) is 0 Å². The molecule has 3 nitrogen and oxygen atoms in total. The number of benzene rings is 1. The standard InChI is InChI=1S/C14H14ClNO2S/c15-14-13(12-2-1-5-19-12)9-7-11(18)10(17)6-8(9)3-4-16-14/h1-2,5-7,13-14,16-18H,3-4H2. The van der Waals surface area contributed by atoms with E-state index in [9.17, 15) is 10.2 Å². The topological polar surface area (TPSA) is 52.5 Å². The van der Waals surface area contributed by atoms with E-state index in [0.717, 1.165) is 29.0 Å². The smallest absolute Gasteiger partial charge is 0.157 e. The molecule has 0 fully saturated rings. The second-order valence-corrected chi connectivity index (χ2v) is 6.09. The Hall–Kier alpha value is -1.23. The zero-order valence-corrected chi connectivity index (χ0v) is 11.7. The molecule has 0 bridgehead atoms. The molecule has 0 aliphatic carbocycles. The van der Waals surface area contributed by atoms with Crippen molar-refractivity contribution in [3.8, 4) is 11.5 Å². The van der Waals surface area contributed by atoms with Gasteiger partial charge in [0, 0.05) is 17.3 Å². The highest BCUT2D eigenvalue weighted by atomic mass is 35.5. The van der Waals surface area contributed by atoms with Crippen molar-refractivity contribution in [3.63, 3.8) is 0 Å². The second-order valence-electron chi connectivity index (χ2n) is 4.64. The maximum Gasteiger partial charge on any atom is 0.157 e. The Balaban J connectivity index is 2.16. The van der Waals surface area contributed by atoms with E-state index in [0.29, 0.717) is 0 Å². The number of rotatable bonds is 1. The summed E-state index contributed by atoms with van der Waals surface area (Å²) >= 11 is 8.10. The number of hydrogen-bond donors (Lipinski definition) is 3. The molecule has 3 N–H and O–H groups in total. The van der Waals surface area contributed by atoms with Crippen molar-refractivity contribution in [3.05, 3.63) is 45.6 Å². The fraction of sp³-hybridized carbons (Fsp3) is 0.286. The number of halogens is 1. The fourth-order valence-electron chi connectivity index (χ4n) is 2.53. The van der Waals surface area contributed by atoms with E-state index >= 15 is 0 Å². The Kier molecular flexibility index (Phi) is 3.39. The number of fused-ring (bicyclic) bond motifs is 1. The lowest BCUT2D eigenvalue weighted by atomic mass is 9.92. The molecule has 0 spiro atoms. The largest absolute Gasteiger partial charge is 0.504 e. The summed E-state index contributed by atoms with van der Waals surface area (Å²) in [6.07, 6.45) is 0.786. The van der Waals surface area contributed by atoms with Gasteiger partial charge >= 0.3 is 0 Å². The molecule has 1 aliphatic heterocycles. The third-order valence-electron chi connectivity index (χ3n) is 3.45. The van der Waals surface area contributed by atoms with E-state index in [1.807, 2.05) is 17.5 Å². The molecule has 5 heteroatoms. The molecular formula is C14H14ClNO2S. The van der Waals surface area contributed by atoms with Crippen molar-refractivity contribution in [1.29, 1.82) is 0 Å². The molecule has 1 aromatic heterocycles. The van der Waals surface area contributed by atoms with Gasteiger partial charge in [-0.1, -0.05) is 6.07 Å². The lowest BCUT2D eigenvalue weighted by Crippen LogP contribution is -2.29. The summed E-state index contributed by atoms with van der Waals surface area (Å²) in [7, 11) is 0. The van der Waals surface area contributed by atoms with Gasteiger partial charge in [0.15, 0.2) is 11.5 Å². The van der Waals surface area contributed by atoms with Crippen LogP contribution in [0.5, 0.6) is 11.5 Å². The van der Waals surface area contributed by atoms with Crippen LogP contribution in [0.1, 0.15) is 21.9 Å². The van der Waals surface area contributed by atoms with Crippen molar-refractivity contribution in [2.75, 3.05) is 6.54 Å². The van der Waals surface area contributed by atoms with E-state index in [4.69, 9.17) is 11.6 Å². The van der Waals surface area contributed by atoms with E-state index in [1.165, 1.54) is 0 Å². The zero-order chi connectivity index (χ0) is 13.4. The normalized spacial score (nSPS) is 22.8. The van der Waals surface area contributed by atoms with Crippen LogP contribution in [0, 0.1) is 0 Å². The van der Waals surface area contributed by atoms with E-state index < -0.39 is 0 Å². The number of thiophene rings is 1. The highest BCUT2D eigenvalue weighted by Gasteiger charge is 2.29. The first-order valence-electron chi connectivity index (χ1n) is 6.12. The molecule has 100 valence electrons. The molecule has 1 aliphatic rings. The van der Waals surface area contributed by atoms with Gasteiger partial charge in [-0.2, -0.15) is 0 Å². The molecular weight excluding hydrogens is 282 g/mol. The summed E-state index contributed by atoms with van der Waals surface area (Å²) in [6.45, 7) is 0.757. The number of aromatic hydroxyl groups is 2. The minimum atomic E-state index is -0.219. The highest BCUT2D eigenvalue weighted by Crippen LogP contribution is 2.40. The summed E-state index contributed by atoms with van der Waals surface area (Å²) in [5, 5.41) is 24.7. The van der Waals surface area contributed by atoms with E-state index in [2.05, 4.69) is 5.32 Å². The highest BCUT2D eigenvalue weighted by molar-refractivity contribution is 7.10. The van der Waals surface area contributed by atoms with Gasteiger partial charge in [-0.15, -0.1) is 22.9 Å². The van der Waals surface area contributed by atoms with Crippen LogP contribution < -0.4 is 5.32 Å². The molecule has 3 rings (SSSR count). The van der Waals surface area contributed by atoms with Crippen LogP contribution >= 0.6 is 22.9 Å². The van der Waals surface area contributed by atoms with Gasteiger partial charge in [0.25, 0.3) is 0 Å². The number of hydrogen-bond acceptors (Lipinski definition) is 4. The van der Waals surface area contributed by atoms with Gasteiger partial charge in [-0.05, 0) is 41.1 Å². The number of alkyl halides is 1. The number of phenols is 2. The maximum atomic E-state index is 9.76. The van der Waals surface area contributed by atoms with Crippen molar-refractivity contribution >= 4 is 22.9 Å². The molecule has 2 heterocycles. The third-order valence-corrected chi connectivity index (χ3v) is 4.81. The number of nitrogens with one attached hydrogen (secondary N) is 1. The Labute approximate surface area is 120 Å². The van der Waals surface area contributed by atoms with Crippen LogP contribution in [0.3, 0.4) is 0 Å². The predicted octanol–water partition coefficient (Wildman–Crippen LogP) is 3.00. The van der Waals surface area contributed by atoms with Gasteiger partial charge < -0.3 is 15.5 Å². The molecule has 2 unspecified atom stereocenters. The first-order chi connectivity index (χ1) is 9.16. The monoisotopic (exact) mass is 295 g/mol. The Morgan fingerprint density at radius 3 is 2.79 bits per heavy atom. The lowest BCUT2D eigenvalue weighted by Gasteiger charge is -2.21. The molecule has 19 heavy (non-hydrogen) atoms. The van der Waals surface area contributed by atoms with Crippen molar-refractivity contribution in [2.24, 2.45) is 0 Å². The first-order valence-corrected chi connectivity index (χ1v) is 7.44. The van der Waals surface area contributed by atoms with Crippen LogP contribution in [0.25, 0.3) is 0 Å². The second kappa shape index (κ2) is 5.04. The van der Waals surface area contributed by atoms with Crippen LogP contribution in [-0.4, -0.2) is 22.3 Å². The minimum Gasteiger partial charge on any atom is -0.504 e. The summed E-state index contributed by atoms with van der Waals surface area (Å²) < 4.78 is 0. The summed E-state index contributed by atoms with van der Waals surface area (Å²) in [5.41, 5.74) is 1.80. The predicted molar refractivity (Wildman–Crippen MR) is 77.3 cm³/mol. The van der Waals surface area contributed by atoms with Crippen molar-refractivity contribution in [1.82, 2.24) is 5.32 Å². The zero-order valence-electron chi connectivity index (χ0n) is 10.1. The summed E-state index contributed by atoms with van der Waals surface area (Å²) in [4.78, 5) is 1.15. The van der Waals surface area contributed by atoms with Gasteiger partial charge in [0.1, 0.15) is 0 Å². The van der Waals surface area contributed by atoms with Crippen LogP contribution in [0.15, 0.2) is 29.6 Å². The molecule has 0 amide bonds. The van der Waals surface area contributed by atoms with Crippen molar-refractivity contribution in [2.45, 2.75) is 17.8 Å². The van der Waals surface area contributed by atoms with Crippen LogP contribution in [-0.2, 0) is 6.42 Å². The lowest BCUT2D eigenvalue weighted by molar-refractivity contribution is 0.402.